The van der Waals surface area contributed by atoms with Gasteiger partial charge in [-0.2, -0.15) is 14.6 Å². The number of rotatable bonds is 3. The van der Waals surface area contributed by atoms with Crippen LogP contribution < -0.4 is 5.32 Å². The molecule has 0 saturated heterocycles. The van der Waals surface area contributed by atoms with Crippen LogP contribution in [0.2, 0.25) is 0 Å². The second-order valence-electron chi connectivity index (χ2n) is 6.65. The molecule has 10 nitrogen and oxygen atoms in total. The number of nitrogens with zero attached hydrogens (tertiary/aromatic N) is 9. The highest BCUT2D eigenvalue weighted by molar-refractivity contribution is 5.82. The molecule has 5 rings (SSSR count). The van der Waals surface area contributed by atoms with Crippen LogP contribution in [0.1, 0.15) is 17.0 Å². The maximum Gasteiger partial charge on any atom is 0.271 e. The fourth-order valence-corrected chi connectivity index (χ4v) is 3.15. The van der Waals surface area contributed by atoms with E-state index in [2.05, 4.69) is 45.5 Å². The fraction of sp³-hybridized carbons (Fsp3) is 0.158. The Morgan fingerprint density at radius 1 is 0.897 bits per heavy atom. The van der Waals surface area contributed by atoms with Crippen molar-refractivity contribution in [3.8, 4) is 11.4 Å². The van der Waals surface area contributed by atoms with Gasteiger partial charge in [-0.15, -0.1) is 10.2 Å². The van der Waals surface area contributed by atoms with Crippen molar-refractivity contribution in [2.75, 3.05) is 5.32 Å². The molecule has 0 amide bonds. The van der Waals surface area contributed by atoms with Gasteiger partial charge in [-0.25, -0.2) is 19.9 Å². The Morgan fingerprint density at radius 3 is 2.69 bits per heavy atom. The van der Waals surface area contributed by atoms with Gasteiger partial charge >= 0.3 is 0 Å². The number of benzene rings is 1. The Balaban J connectivity index is 1.53. The predicted octanol–water partition coefficient (Wildman–Crippen LogP) is 2.59. The van der Waals surface area contributed by atoms with Gasteiger partial charge in [0.25, 0.3) is 5.78 Å². The molecule has 29 heavy (non-hydrogen) atoms. The van der Waals surface area contributed by atoms with Crippen molar-refractivity contribution in [1.82, 2.24) is 44.7 Å². The van der Waals surface area contributed by atoms with Gasteiger partial charge in [0.15, 0.2) is 0 Å². The van der Waals surface area contributed by atoms with Gasteiger partial charge in [0.1, 0.15) is 12.0 Å². The lowest BCUT2D eigenvalue weighted by Crippen LogP contribution is -2.06. The van der Waals surface area contributed by atoms with Crippen LogP contribution in [0.15, 0.2) is 36.8 Å². The number of hydrogen-bond acceptors (Lipinski definition) is 9. The number of nitrogens with one attached hydrogen (secondary N) is 1. The second kappa shape index (κ2) is 6.51. The molecule has 4 aromatic heterocycles. The van der Waals surface area contributed by atoms with Gasteiger partial charge in [-0.3, -0.25) is 5.32 Å². The zero-order valence-corrected chi connectivity index (χ0v) is 16.0. The minimum absolute atomic E-state index is 0.369. The number of fused-ring (bicyclic) bond motifs is 2. The van der Waals surface area contributed by atoms with E-state index >= 15 is 0 Å². The smallest absolute Gasteiger partial charge is 0.271 e. The molecular weight excluding hydrogens is 368 g/mol. The molecular formula is C19H16N10. The Hall–Kier alpha value is -4.08. The summed E-state index contributed by atoms with van der Waals surface area (Å²) in [5.41, 5.74) is 4.88. The summed E-state index contributed by atoms with van der Waals surface area (Å²) in [6.45, 7) is 5.87. The SMILES string of the molecule is Cc1ccc2c(C)nc(Nc3nccc(-c4nnc5ncnn5c4C)n3)nc2c1. The van der Waals surface area contributed by atoms with Crippen molar-refractivity contribution >= 4 is 28.6 Å². The van der Waals surface area contributed by atoms with Crippen LogP contribution in [0.4, 0.5) is 11.9 Å². The number of anilines is 2. The zero-order chi connectivity index (χ0) is 20.0. The molecule has 0 unspecified atom stereocenters. The molecule has 10 heteroatoms. The Bertz CT molecular complexity index is 1370. The van der Waals surface area contributed by atoms with E-state index < -0.39 is 0 Å². The summed E-state index contributed by atoms with van der Waals surface area (Å²) in [5, 5.41) is 16.6. The fourth-order valence-electron chi connectivity index (χ4n) is 3.15. The van der Waals surface area contributed by atoms with E-state index in [0.717, 1.165) is 27.9 Å². The number of aromatic nitrogens is 9. The summed E-state index contributed by atoms with van der Waals surface area (Å²) in [4.78, 5) is 22.0. The molecule has 0 aliphatic heterocycles. The van der Waals surface area contributed by atoms with E-state index in [4.69, 9.17) is 0 Å². The maximum absolute atomic E-state index is 4.59. The summed E-state index contributed by atoms with van der Waals surface area (Å²) in [7, 11) is 0. The normalized spacial score (nSPS) is 11.3. The molecule has 5 aromatic rings. The average molecular weight is 384 g/mol. The third-order valence-electron chi connectivity index (χ3n) is 4.59. The van der Waals surface area contributed by atoms with Gasteiger partial charge in [0.05, 0.1) is 22.6 Å². The van der Waals surface area contributed by atoms with Crippen LogP contribution in [-0.4, -0.2) is 44.7 Å². The molecule has 0 aliphatic rings. The molecule has 1 N–H and O–H groups in total. The maximum atomic E-state index is 4.59. The summed E-state index contributed by atoms with van der Waals surface area (Å²) in [6, 6.07) is 7.87. The minimum atomic E-state index is 0.369. The number of aryl methyl sites for hydroxylation is 3. The van der Waals surface area contributed by atoms with E-state index in [9.17, 15) is 0 Å². The topological polar surface area (TPSA) is 120 Å². The third kappa shape index (κ3) is 3.00. The molecule has 0 atom stereocenters. The van der Waals surface area contributed by atoms with E-state index in [1.807, 2.05) is 39.0 Å². The molecule has 0 saturated carbocycles. The monoisotopic (exact) mass is 384 g/mol. The van der Waals surface area contributed by atoms with Gasteiger partial charge < -0.3 is 0 Å². The minimum Gasteiger partial charge on any atom is -0.293 e. The first-order valence-corrected chi connectivity index (χ1v) is 8.97. The second-order valence-corrected chi connectivity index (χ2v) is 6.65. The lowest BCUT2D eigenvalue weighted by Gasteiger charge is -2.09. The summed E-state index contributed by atoms with van der Waals surface area (Å²) < 4.78 is 1.62. The molecule has 0 spiro atoms. The molecule has 0 bridgehead atoms. The summed E-state index contributed by atoms with van der Waals surface area (Å²) in [5.74, 6) is 1.25. The van der Waals surface area contributed by atoms with Crippen molar-refractivity contribution in [2.45, 2.75) is 20.8 Å². The standard InChI is InChI=1S/C19H16N10/c1-10-4-5-13-11(2)23-18(25-15(13)8-10)26-17-20-7-6-14(24-17)16-12(3)29-19(28-27-16)21-9-22-29/h4-9H,1-3H3,(H,20,23,24,25,26). The molecule has 0 radical (unpaired) electrons. The Kier molecular flexibility index (Phi) is 3.83. The Morgan fingerprint density at radius 2 is 1.79 bits per heavy atom. The highest BCUT2D eigenvalue weighted by Gasteiger charge is 2.13. The Labute approximate surface area is 165 Å². The lowest BCUT2D eigenvalue weighted by atomic mass is 10.1. The van der Waals surface area contributed by atoms with Crippen LogP contribution in [0, 0.1) is 20.8 Å². The summed E-state index contributed by atoms with van der Waals surface area (Å²) in [6.07, 6.45) is 3.09. The predicted molar refractivity (Wildman–Crippen MR) is 107 cm³/mol. The summed E-state index contributed by atoms with van der Waals surface area (Å²) >= 11 is 0. The molecule has 4 heterocycles. The van der Waals surface area contributed by atoms with Crippen molar-refractivity contribution in [2.24, 2.45) is 0 Å². The quantitative estimate of drug-likeness (QED) is 0.500. The first kappa shape index (κ1) is 17.0. The van der Waals surface area contributed by atoms with Gasteiger partial charge in [0, 0.05) is 11.6 Å². The highest BCUT2D eigenvalue weighted by atomic mass is 15.4. The van der Waals surface area contributed by atoms with E-state index in [0.29, 0.717) is 29.1 Å². The molecule has 0 fully saturated rings. The van der Waals surface area contributed by atoms with Gasteiger partial charge in [-0.1, -0.05) is 12.1 Å². The van der Waals surface area contributed by atoms with Crippen molar-refractivity contribution in [3.63, 3.8) is 0 Å². The van der Waals surface area contributed by atoms with E-state index in [-0.39, 0.29) is 0 Å². The van der Waals surface area contributed by atoms with Crippen molar-refractivity contribution in [3.05, 3.63) is 53.7 Å². The van der Waals surface area contributed by atoms with E-state index in [1.54, 1.807) is 16.8 Å². The van der Waals surface area contributed by atoms with Crippen LogP contribution in [0.25, 0.3) is 28.1 Å². The first-order valence-electron chi connectivity index (χ1n) is 8.97. The van der Waals surface area contributed by atoms with Crippen LogP contribution in [0.3, 0.4) is 0 Å². The first-order chi connectivity index (χ1) is 14.1. The lowest BCUT2D eigenvalue weighted by molar-refractivity contribution is 0.850. The van der Waals surface area contributed by atoms with Gasteiger partial charge in [0.2, 0.25) is 11.9 Å². The van der Waals surface area contributed by atoms with Crippen LogP contribution in [-0.2, 0) is 0 Å². The van der Waals surface area contributed by atoms with Crippen molar-refractivity contribution in [1.29, 1.82) is 0 Å². The van der Waals surface area contributed by atoms with Crippen molar-refractivity contribution < 1.29 is 0 Å². The largest absolute Gasteiger partial charge is 0.293 e. The van der Waals surface area contributed by atoms with Crippen LogP contribution >= 0.6 is 0 Å². The molecule has 1 aromatic carbocycles. The molecule has 142 valence electrons. The van der Waals surface area contributed by atoms with Gasteiger partial charge in [-0.05, 0) is 38.5 Å². The average Bonchev–Trinajstić information content (AvgIpc) is 3.18. The van der Waals surface area contributed by atoms with Crippen LogP contribution in [0.5, 0.6) is 0 Å². The highest BCUT2D eigenvalue weighted by Crippen LogP contribution is 2.22. The number of hydrogen-bond donors (Lipinski definition) is 1. The molecule has 0 aliphatic carbocycles. The van der Waals surface area contributed by atoms with E-state index in [1.165, 1.54) is 6.33 Å². The zero-order valence-electron chi connectivity index (χ0n) is 16.0. The third-order valence-corrected chi connectivity index (χ3v) is 4.59.